The van der Waals surface area contributed by atoms with E-state index in [0.717, 1.165) is 55.3 Å². The summed E-state index contributed by atoms with van der Waals surface area (Å²) in [6.07, 6.45) is 23.1. The van der Waals surface area contributed by atoms with Gasteiger partial charge in [-0.2, -0.15) is 4.98 Å². The summed E-state index contributed by atoms with van der Waals surface area (Å²) in [6.45, 7) is 12.7. The molecule has 1 aliphatic carbocycles. The Bertz CT molecular complexity index is 1270. The van der Waals surface area contributed by atoms with Crippen LogP contribution in [0.25, 0.3) is 10.9 Å². The first kappa shape index (κ1) is 35.2. The van der Waals surface area contributed by atoms with E-state index in [9.17, 15) is 0 Å². The molecule has 3 aromatic rings. The highest BCUT2D eigenvalue weighted by molar-refractivity contribution is 5.90. The molecule has 0 atom stereocenters. The molecule has 0 aliphatic heterocycles. The molecule has 0 saturated heterocycles. The minimum Gasteiger partial charge on any atom is -0.368 e. The Labute approximate surface area is 275 Å². The Morgan fingerprint density at radius 2 is 1.42 bits per heavy atom. The van der Waals surface area contributed by atoms with E-state index in [1.165, 1.54) is 119 Å². The van der Waals surface area contributed by atoms with Crippen LogP contribution in [0.5, 0.6) is 0 Å². The number of anilines is 2. The van der Waals surface area contributed by atoms with E-state index < -0.39 is 0 Å². The van der Waals surface area contributed by atoms with Crippen molar-refractivity contribution in [2.75, 3.05) is 29.9 Å². The monoisotopic (exact) mass is 614 g/mol. The molecule has 2 aromatic carbocycles. The van der Waals surface area contributed by atoms with Crippen molar-refractivity contribution in [2.45, 2.75) is 149 Å². The van der Waals surface area contributed by atoms with Crippen LogP contribution in [-0.4, -0.2) is 35.1 Å². The summed E-state index contributed by atoms with van der Waals surface area (Å²) in [5, 5.41) is 8.93. The lowest BCUT2D eigenvalue weighted by molar-refractivity contribution is 0.198. The third-order valence-corrected chi connectivity index (χ3v) is 9.92. The molecule has 4 rings (SSSR count). The van der Waals surface area contributed by atoms with Crippen LogP contribution < -0.4 is 15.5 Å². The molecular weight excluding hydrogens is 550 g/mol. The Morgan fingerprint density at radius 1 is 0.756 bits per heavy atom. The molecule has 1 heterocycles. The Balaban J connectivity index is 1.27. The van der Waals surface area contributed by atoms with Crippen molar-refractivity contribution in [1.29, 1.82) is 0 Å². The smallest absolute Gasteiger partial charge is 0.228 e. The number of aromatic nitrogens is 2. The van der Waals surface area contributed by atoms with Gasteiger partial charge in [-0.15, -0.1) is 0 Å². The molecule has 45 heavy (non-hydrogen) atoms. The minimum atomic E-state index is 0.183. The molecule has 1 saturated carbocycles. The highest BCUT2D eigenvalue weighted by Crippen LogP contribution is 2.33. The number of nitrogens with one attached hydrogen (secondary N) is 2. The lowest BCUT2D eigenvalue weighted by Crippen LogP contribution is -2.56. The fourth-order valence-corrected chi connectivity index (χ4v) is 6.79. The molecule has 0 amide bonds. The van der Waals surface area contributed by atoms with Crippen LogP contribution in [0.15, 0.2) is 42.5 Å². The Kier molecular flexibility index (Phi) is 14.9. The van der Waals surface area contributed by atoms with E-state index in [1.54, 1.807) is 0 Å². The molecule has 5 heteroatoms. The predicted octanol–water partition coefficient (Wildman–Crippen LogP) is 10.7. The van der Waals surface area contributed by atoms with Crippen molar-refractivity contribution in [3.05, 3.63) is 59.2 Å². The number of unbranched alkanes of at least 4 members (excludes halogenated alkanes) is 12. The van der Waals surface area contributed by atoms with Crippen molar-refractivity contribution in [1.82, 2.24) is 15.3 Å². The van der Waals surface area contributed by atoms with E-state index in [-0.39, 0.29) is 5.54 Å². The van der Waals surface area contributed by atoms with Crippen molar-refractivity contribution in [2.24, 2.45) is 0 Å². The van der Waals surface area contributed by atoms with Gasteiger partial charge in [-0.05, 0) is 75.8 Å². The fraction of sp³-hybridized carbons (Fsp3) is 0.650. The second-order valence-corrected chi connectivity index (χ2v) is 13.9. The molecule has 0 bridgehead atoms. The molecule has 0 unspecified atom stereocenters. The zero-order chi connectivity index (χ0) is 31.7. The van der Waals surface area contributed by atoms with Crippen LogP contribution in [0.2, 0.25) is 0 Å². The minimum absolute atomic E-state index is 0.183. The van der Waals surface area contributed by atoms with Gasteiger partial charge in [-0.25, -0.2) is 4.98 Å². The van der Waals surface area contributed by atoms with Crippen molar-refractivity contribution >= 4 is 22.7 Å². The van der Waals surface area contributed by atoms with E-state index in [2.05, 4.69) is 85.7 Å². The maximum absolute atomic E-state index is 5.20. The van der Waals surface area contributed by atoms with Gasteiger partial charge in [0.15, 0.2) is 0 Å². The summed E-state index contributed by atoms with van der Waals surface area (Å²) in [5.41, 5.74) is 5.09. The predicted molar refractivity (Wildman–Crippen MR) is 196 cm³/mol. The maximum Gasteiger partial charge on any atom is 0.228 e. The van der Waals surface area contributed by atoms with Crippen molar-refractivity contribution < 1.29 is 0 Å². The molecule has 1 aliphatic rings. The molecule has 1 fully saturated rings. The number of nitrogens with zero attached hydrogens (tertiary/aromatic N) is 3. The van der Waals surface area contributed by atoms with Gasteiger partial charge in [0.1, 0.15) is 5.82 Å². The number of fused-ring (bicyclic) bond motifs is 1. The summed E-state index contributed by atoms with van der Waals surface area (Å²) in [6, 6.07) is 15.2. The van der Waals surface area contributed by atoms with Gasteiger partial charge < -0.3 is 15.5 Å². The molecule has 2 N–H and O–H groups in total. The van der Waals surface area contributed by atoms with Crippen LogP contribution in [-0.2, 0) is 6.54 Å². The molecule has 5 nitrogen and oxygen atoms in total. The molecule has 1 aromatic heterocycles. The Hall–Kier alpha value is -2.66. The lowest BCUT2D eigenvalue weighted by atomic mass is 9.76. The van der Waals surface area contributed by atoms with Gasteiger partial charge in [0.25, 0.3) is 0 Å². The van der Waals surface area contributed by atoms with Gasteiger partial charge in [0.2, 0.25) is 5.95 Å². The molecule has 248 valence electrons. The van der Waals surface area contributed by atoms with Crippen LogP contribution >= 0.6 is 0 Å². The van der Waals surface area contributed by atoms with Gasteiger partial charge in [-0.3, -0.25) is 0 Å². The highest BCUT2D eigenvalue weighted by atomic mass is 15.3. The number of benzene rings is 2. The quantitative estimate of drug-likeness (QED) is 0.104. The number of rotatable bonds is 23. The first-order valence-electron chi connectivity index (χ1n) is 18.6. The summed E-state index contributed by atoms with van der Waals surface area (Å²) in [5.74, 6) is 1.79. The summed E-state index contributed by atoms with van der Waals surface area (Å²) < 4.78 is 0. The maximum atomic E-state index is 5.20. The van der Waals surface area contributed by atoms with Crippen LogP contribution in [0.1, 0.15) is 140 Å². The third kappa shape index (κ3) is 11.3. The summed E-state index contributed by atoms with van der Waals surface area (Å²) >= 11 is 0. The number of aryl methyl sites for hydroxylation is 2. The average molecular weight is 614 g/mol. The lowest BCUT2D eigenvalue weighted by Gasteiger charge is -2.43. The fourth-order valence-electron chi connectivity index (χ4n) is 6.79. The summed E-state index contributed by atoms with van der Waals surface area (Å²) in [7, 11) is 0. The Morgan fingerprint density at radius 3 is 2.04 bits per heavy atom. The SMILES string of the molecule is CCCCCCCCCCCCCCCNC1(CNc2nc(N(CCC)Cc3ccccc3C)nc3ccc(C)cc23)CCC1. The van der Waals surface area contributed by atoms with E-state index in [4.69, 9.17) is 9.97 Å². The third-order valence-electron chi connectivity index (χ3n) is 9.92. The van der Waals surface area contributed by atoms with Gasteiger partial charge in [0.05, 0.1) is 5.52 Å². The number of hydrogen-bond acceptors (Lipinski definition) is 5. The zero-order valence-corrected chi connectivity index (χ0v) is 29.2. The second-order valence-electron chi connectivity index (χ2n) is 13.9. The first-order chi connectivity index (χ1) is 22.0. The molecule has 0 spiro atoms. The van der Waals surface area contributed by atoms with E-state index in [0.29, 0.717) is 0 Å². The standard InChI is InChI=1S/C40H63N5/c1-5-7-8-9-10-11-12-13-14-15-16-17-20-28-42-40(26-21-27-40)32-41-38-36-30-33(3)24-25-37(36)43-39(44-38)45(29-6-2)31-35-23-19-18-22-34(35)4/h18-19,22-25,30,42H,5-17,20-21,26-29,31-32H2,1-4H3,(H,41,43,44). The van der Waals surface area contributed by atoms with E-state index >= 15 is 0 Å². The number of hydrogen-bond donors (Lipinski definition) is 2. The van der Waals surface area contributed by atoms with Gasteiger partial charge >= 0.3 is 0 Å². The summed E-state index contributed by atoms with van der Waals surface area (Å²) in [4.78, 5) is 12.6. The molecule has 0 radical (unpaired) electrons. The topological polar surface area (TPSA) is 53.1 Å². The van der Waals surface area contributed by atoms with Crippen molar-refractivity contribution in [3.8, 4) is 0 Å². The van der Waals surface area contributed by atoms with Crippen LogP contribution in [0.4, 0.5) is 11.8 Å². The molecular formula is C40H63N5. The van der Waals surface area contributed by atoms with Crippen LogP contribution in [0, 0.1) is 13.8 Å². The largest absolute Gasteiger partial charge is 0.368 e. The second kappa shape index (κ2) is 19.1. The highest BCUT2D eigenvalue weighted by Gasteiger charge is 2.36. The van der Waals surface area contributed by atoms with E-state index in [1.807, 2.05) is 0 Å². The van der Waals surface area contributed by atoms with Crippen LogP contribution in [0.3, 0.4) is 0 Å². The van der Waals surface area contributed by atoms with Gasteiger partial charge in [-0.1, -0.05) is 127 Å². The zero-order valence-electron chi connectivity index (χ0n) is 29.2. The van der Waals surface area contributed by atoms with Crippen molar-refractivity contribution in [3.63, 3.8) is 0 Å². The normalized spacial score (nSPS) is 14.0. The average Bonchev–Trinajstić information content (AvgIpc) is 3.02. The first-order valence-corrected chi connectivity index (χ1v) is 18.6. The van der Waals surface area contributed by atoms with Gasteiger partial charge in [0, 0.05) is 30.6 Å².